The van der Waals surface area contributed by atoms with Crippen LogP contribution in [0.2, 0.25) is 0 Å². The Morgan fingerprint density at radius 2 is 1.24 bits per heavy atom. The van der Waals surface area contributed by atoms with Crippen molar-refractivity contribution in [1.29, 1.82) is 0 Å². The Morgan fingerprint density at radius 3 is 1.63 bits per heavy atom. The first kappa shape index (κ1) is 45.2. The zero-order valence-electron chi connectivity index (χ0n) is 23.9. The summed E-state index contributed by atoms with van der Waals surface area (Å²) in [6.07, 6.45) is 16.4. The molecule has 1 amide bonds. The summed E-state index contributed by atoms with van der Waals surface area (Å²) in [4.78, 5) is 31.4. The minimum Gasteiger partial charge on any atom is -0.716 e. The van der Waals surface area contributed by atoms with Crippen molar-refractivity contribution in [2.45, 2.75) is 117 Å². The Morgan fingerprint density at radius 1 is 0.789 bits per heavy atom. The van der Waals surface area contributed by atoms with Gasteiger partial charge in [-0.25, -0.2) is 13.8 Å². The van der Waals surface area contributed by atoms with Gasteiger partial charge in [-0.1, -0.05) is 90.9 Å². The van der Waals surface area contributed by atoms with Crippen LogP contribution >= 0.6 is 0 Å². The maximum Gasteiger partial charge on any atom is 1.00 e. The van der Waals surface area contributed by atoms with E-state index in [2.05, 4.69) is 28.9 Å². The molecule has 0 heterocycles. The molecule has 0 aromatic heterocycles. The molecule has 214 valence electrons. The van der Waals surface area contributed by atoms with Gasteiger partial charge in [0.15, 0.2) is 0 Å². The van der Waals surface area contributed by atoms with Gasteiger partial charge < -0.3 is 23.7 Å². The number of aliphatic hydroxyl groups excluding tert-OH is 1. The van der Waals surface area contributed by atoms with Crippen LogP contribution in [0.3, 0.4) is 0 Å². The summed E-state index contributed by atoms with van der Waals surface area (Å²) < 4.78 is 32.4. The molecule has 0 unspecified atom stereocenters. The topological polar surface area (TPSA) is 185 Å². The maximum atomic E-state index is 11.4. The Kier molecular flexibility index (Phi) is 37.8. The predicted octanol–water partition coefficient (Wildman–Crippen LogP) is -3.76. The second kappa shape index (κ2) is 31.8. The number of aliphatic hydroxyl groups is 1. The van der Waals surface area contributed by atoms with E-state index in [1.165, 1.54) is 70.6 Å². The molecular formula is C24H46N2Na2O9S. The van der Waals surface area contributed by atoms with Gasteiger partial charge in [-0.05, 0) is 18.8 Å². The number of nitrogens with one attached hydrogen (secondary N) is 2. The Balaban J connectivity index is -0.000000351. The molecule has 14 heteroatoms. The fraction of sp³-hybridized carbons (Fsp3) is 0.875. The number of carboxylic acids is 1. The van der Waals surface area contributed by atoms with Crippen LogP contribution in [0.4, 0.5) is 0 Å². The van der Waals surface area contributed by atoms with Gasteiger partial charge in [-0.3, -0.25) is 15.0 Å². The van der Waals surface area contributed by atoms with E-state index in [0.29, 0.717) is 13.0 Å². The third-order valence-electron chi connectivity index (χ3n) is 5.13. The average molecular weight is 585 g/mol. The van der Waals surface area contributed by atoms with Gasteiger partial charge in [0.2, 0.25) is 5.91 Å². The zero-order valence-corrected chi connectivity index (χ0v) is 28.7. The van der Waals surface area contributed by atoms with Gasteiger partial charge in [-0.15, -0.1) is 0 Å². The van der Waals surface area contributed by atoms with E-state index in [1.54, 1.807) is 0 Å². The van der Waals surface area contributed by atoms with Crippen molar-refractivity contribution in [2.75, 3.05) is 13.2 Å². The van der Waals surface area contributed by atoms with Gasteiger partial charge in [0.1, 0.15) is 0 Å². The van der Waals surface area contributed by atoms with E-state index < -0.39 is 35.2 Å². The van der Waals surface area contributed by atoms with Crippen LogP contribution in [0.15, 0.2) is 0 Å². The van der Waals surface area contributed by atoms with E-state index >= 15 is 0 Å². The summed E-state index contributed by atoms with van der Waals surface area (Å²) in [6.45, 7) is 5.07. The number of unbranched alkanes of at least 4 members (excludes halogenated alkanes) is 11. The fourth-order valence-corrected chi connectivity index (χ4v) is 3.56. The molecule has 0 aromatic carbocycles. The summed E-state index contributed by atoms with van der Waals surface area (Å²) in [6, 6.07) is 0. The van der Waals surface area contributed by atoms with Crippen LogP contribution in [0.1, 0.15) is 117 Å². The van der Waals surface area contributed by atoms with Crippen LogP contribution in [0.5, 0.6) is 0 Å². The Labute approximate surface area is 273 Å². The monoisotopic (exact) mass is 584 g/mol. The smallest absolute Gasteiger partial charge is 0.716 e. The molecule has 38 heavy (non-hydrogen) atoms. The molecular weight excluding hydrogens is 538 g/mol. The normalized spacial score (nSPS) is 10.4. The third-order valence-corrected chi connectivity index (χ3v) is 5.52. The van der Waals surface area contributed by atoms with Gasteiger partial charge in [0, 0.05) is 18.9 Å². The molecule has 0 saturated carbocycles. The number of hydrogen-bond donors (Lipinski definition) is 3. The first-order chi connectivity index (χ1) is 17.0. The molecule has 0 aromatic rings. The maximum absolute atomic E-state index is 11.4. The SMILES string of the molecule is CC(C)CCCCCCCCCCCCCCC(=O)NNCCO.O=C([O-])CCC(=O)OS(=O)(=O)[O-].[Na+].[Na+]. The van der Waals surface area contributed by atoms with Crippen molar-refractivity contribution >= 4 is 28.2 Å². The van der Waals surface area contributed by atoms with Crippen molar-refractivity contribution in [3.8, 4) is 0 Å². The summed E-state index contributed by atoms with van der Waals surface area (Å²) in [7, 11) is -5.08. The summed E-state index contributed by atoms with van der Waals surface area (Å²) in [5.41, 5.74) is 5.27. The van der Waals surface area contributed by atoms with Crippen molar-refractivity contribution in [1.82, 2.24) is 10.9 Å². The number of carboxylic acid groups (broad SMARTS) is 1. The largest absolute Gasteiger partial charge is 1.00 e. The molecule has 0 aliphatic heterocycles. The van der Waals surface area contributed by atoms with E-state index in [4.69, 9.17) is 5.11 Å². The molecule has 0 rings (SSSR count). The average Bonchev–Trinajstić information content (AvgIpc) is 2.77. The van der Waals surface area contributed by atoms with Crippen molar-refractivity contribution in [2.24, 2.45) is 5.92 Å². The minimum absolute atomic E-state index is 0. The predicted molar refractivity (Wildman–Crippen MR) is 133 cm³/mol. The second-order valence-electron chi connectivity index (χ2n) is 9.11. The summed E-state index contributed by atoms with van der Waals surface area (Å²) in [5, 5.41) is 18.3. The number of carbonyl (C=O) groups is 3. The number of carbonyl (C=O) groups excluding carboxylic acids is 3. The van der Waals surface area contributed by atoms with Crippen LogP contribution in [-0.2, 0) is 29.0 Å². The zero-order chi connectivity index (χ0) is 27.7. The number of amides is 1. The molecule has 0 spiro atoms. The van der Waals surface area contributed by atoms with Crippen molar-refractivity contribution in [3.63, 3.8) is 0 Å². The first-order valence-electron chi connectivity index (χ1n) is 13.0. The molecule has 3 N–H and O–H groups in total. The molecule has 0 radical (unpaired) electrons. The third kappa shape index (κ3) is 43.3. The number of hydrogen-bond acceptors (Lipinski definition) is 10. The molecule has 0 atom stereocenters. The van der Waals surface area contributed by atoms with Gasteiger partial charge in [0.05, 0.1) is 13.0 Å². The summed E-state index contributed by atoms with van der Waals surface area (Å²) in [5.74, 6) is -2.05. The Hall–Kier alpha value is 0.240. The molecule has 11 nitrogen and oxygen atoms in total. The molecule has 0 saturated heterocycles. The van der Waals surface area contributed by atoms with Gasteiger partial charge in [0.25, 0.3) is 10.4 Å². The van der Waals surface area contributed by atoms with E-state index in [-0.39, 0.29) is 71.6 Å². The number of hydrazine groups is 1. The quantitative estimate of drug-likeness (QED) is 0.0375. The van der Waals surface area contributed by atoms with Crippen molar-refractivity contribution < 1.29 is 101 Å². The fourth-order valence-electron chi connectivity index (χ4n) is 3.25. The van der Waals surface area contributed by atoms with E-state index in [0.717, 1.165) is 18.8 Å². The molecule has 0 aliphatic carbocycles. The van der Waals surface area contributed by atoms with Crippen LogP contribution < -0.4 is 75.1 Å². The van der Waals surface area contributed by atoms with Crippen LogP contribution in [0.25, 0.3) is 0 Å². The molecule has 0 bridgehead atoms. The number of rotatable bonds is 22. The molecule has 0 fully saturated rings. The second-order valence-corrected chi connectivity index (χ2v) is 10.1. The first-order valence-corrected chi connectivity index (χ1v) is 14.3. The number of aliphatic carboxylic acids is 1. The van der Waals surface area contributed by atoms with Crippen molar-refractivity contribution in [3.05, 3.63) is 0 Å². The summed E-state index contributed by atoms with van der Waals surface area (Å²) >= 11 is 0. The Bertz CT molecular complexity index is 682. The van der Waals surface area contributed by atoms with E-state index in [9.17, 15) is 32.5 Å². The molecule has 0 aliphatic rings. The van der Waals surface area contributed by atoms with Gasteiger partial charge in [-0.2, -0.15) is 0 Å². The minimum atomic E-state index is -5.08. The van der Waals surface area contributed by atoms with Crippen LogP contribution in [0, 0.1) is 5.92 Å². The van der Waals surface area contributed by atoms with Crippen LogP contribution in [-0.4, -0.2) is 49.1 Å². The standard InChI is InChI=1S/C20H42N2O2.C4H6O7S.2Na/c1-19(2)15-13-11-9-7-5-3-4-6-8-10-12-14-16-20(24)22-21-17-18-23;5-3(6)1-2-4(7)11-12(8,9)10;;/h19,21,23H,3-18H2,1-2H3,(H,22,24);1-2H2,(H,5,6)(H,8,9,10);;/q;;2*+1/p-2. The van der Waals surface area contributed by atoms with Gasteiger partial charge >= 0.3 is 65.1 Å². The van der Waals surface area contributed by atoms with E-state index in [1.807, 2.05) is 0 Å².